The van der Waals surface area contributed by atoms with Gasteiger partial charge in [0.25, 0.3) is 0 Å². The van der Waals surface area contributed by atoms with Gasteiger partial charge in [-0.1, -0.05) is 31.4 Å². The van der Waals surface area contributed by atoms with Crippen LogP contribution in [0.3, 0.4) is 0 Å². The summed E-state index contributed by atoms with van der Waals surface area (Å²) in [4.78, 5) is 0. The van der Waals surface area contributed by atoms with Gasteiger partial charge in [0.15, 0.2) is 0 Å². The van der Waals surface area contributed by atoms with Crippen LogP contribution in [0.5, 0.6) is 0 Å². The van der Waals surface area contributed by atoms with Crippen LogP contribution in [0.1, 0.15) is 44.9 Å². The molecule has 1 aliphatic heterocycles. The van der Waals surface area contributed by atoms with Crippen LogP contribution in [0.4, 0.5) is 0 Å². The molecule has 0 saturated carbocycles. The van der Waals surface area contributed by atoms with Gasteiger partial charge in [0.05, 0.1) is 6.61 Å². The van der Waals surface area contributed by atoms with Crippen molar-refractivity contribution in [3.8, 4) is 0 Å². The van der Waals surface area contributed by atoms with E-state index in [4.69, 9.17) is 4.74 Å². The van der Waals surface area contributed by atoms with E-state index in [2.05, 4.69) is 12.2 Å². The Morgan fingerprint density at radius 1 is 0.667 bits per heavy atom. The Morgan fingerprint density at radius 3 is 2.42 bits per heavy atom. The first kappa shape index (κ1) is 9.79. The van der Waals surface area contributed by atoms with E-state index in [9.17, 15) is 0 Å². The number of hydrogen-bond acceptors (Lipinski definition) is 1. The lowest BCUT2D eigenvalue weighted by Crippen LogP contribution is -1.96. The molecule has 0 unspecified atom stereocenters. The van der Waals surface area contributed by atoms with E-state index in [1.807, 2.05) is 0 Å². The molecule has 0 amide bonds. The molecule has 0 fully saturated rings. The van der Waals surface area contributed by atoms with Gasteiger partial charge >= 0.3 is 0 Å². The van der Waals surface area contributed by atoms with Gasteiger partial charge in [-0.3, -0.25) is 0 Å². The standard InChI is InChI=1S/C11H20O/c1-2-4-6-8-10-12-11-9-7-5-3-1/h4,6H,1-3,5,7-11H2. The highest BCUT2D eigenvalue weighted by atomic mass is 16.5. The van der Waals surface area contributed by atoms with Crippen LogP contribution in [0.2, 0.25) is 0 Å². The second-order valence-electron chi connectivity index (χ2n) is 3.43. The molecule has 70 valence electrons. The maximum Gasteiger partial charge on any atom is 0.0500 e. The third-order valence-electron chi connectivity index (χ3n) is 2.25. The molecule has 0 aliphatic carbocycles. The van der Waals surface area contributed by atoms with Gasteiger partial charge in [-0.05, 0) is 25.7 Å². The maximum atomic E-state index is 5.46. The predicted octanol–water partition coefficient (Wildman–Crippen LogP) is 3.30. The van der Waals surface area contributed by atoms with Crippen LogP contribution < -0.4 is 0 Å². The first-order chi connectivity index (χ1) is 6.00. The Bertz CT molecular complexity index is 104. The predicted molar refractivity (Wildman–Crippen MR) is 52.3 cm³/mol. The largest absolute Gasteiger partial charge is 0.381 e. The van der Waals surface area contributed by atoms with Crippen LogP contribution in [0.15, 0.2) is 12.2 Å². The molecule has 0 aromatic rings. The lowest BCUT2D eigenvalue weighted by Gasteiger charge is -2.04. The summed E-state index contributed by atoms with van der Waals surface area (Å²) in [5, 5.41) is 0. The van der Waals surface area contributed by atoms with Gasteiger partial charge in [0.1, 0.15) is 0 Å². The Hall–Kier alpha value is -0.300. The first-order valence-electron chi connectivity index (χ1n) is 5.23. The molecule has 0 atom stereocenters. The number of rotatable bonds is 0. The molecule has 0 radical (unpaired) electrons. The van der Waals surface area contributed by atoms with Gasteiger partial charge in [-0.25, -0.2) is 0 Å². The fourth-order valence-corrected chi connectivity index (χ4v) is 1.49. The average molecular weight is 168 g/mol. The van der Waals surface area contributed by atoms with E-state index in [1.165, 1.54) is 38.5 Å². The van der Waals surface area contributed by atoms with Crippen molar-refractivity contribution >= 4 is 0 Å². The van der Waals surface area contributed by atoms with E-state index in [0.29, 0.717) is 0 Å². The third-order valence-corrected chi connectivity index (χ3v) is 2.25. The lowest BCUT2D eigenvalue weighted by atomic mass is 10.1. The maximum absolute atomic E-state index is 5.46. The van der Waals surface area contributed by atoms with Gasteiger partial charge < -0.3 is 4.74 Å². The average Bonchev–Trinajstić information content (AvgIpc) is 2.05. The Kier molecular flexibility index (Phi) is 6.00. The molecule has 1 nitrogen and oxygen atoms in total. The van der Waals surface area contributed by atoms with E-state index < -0.39 is 0 Å². The normalized spacial score (nSPS) is 22.7. The zero-order valence-electron chi connectivity index (χ0n) is 7.93. The van der Waals surface area contributed by atoms with E-state index in [0.717, 1.165) is 19.6 Å². The topological polar surface area (TPSA) is 9.23 Å². The Morgan fingerprint density at radius 2 is 1.42 bits per heavy atom. The molecular formula is C11H20O. The molecule has 0 bridgehead atoms. The highest BCUT2D eigenvalue weighted by Gasteiger charge is 1.92. The monoisotopic (exact) mass is 168 g/mol. The van der Waals surface area contributed by atoms with Crippen LogP contribution in [0, 0.1) is 0 Å². The zero-order valence-corrected chi connectivity index (χ0v) is 7.93. The third kappa shape index (κ3) is 5.36. The van der Waals surface area contributed by atoms with Crippen molar-refractivity contribution in [2.45, 2.75) is 44.9 Å². The van der Waals surface area contributed by atoms with Crippen molar-refractivity contribution in [2.75, 3.05) is 13.2 Å². The minimum Gasteiger partial charge on any atom is -0.381 e. The summed E-state index contributed by atoms with van der Waals surface area (Å²) in [7, 11) is 0. The number of allylic oxidation sites excluding steroid dienone is 1. The zero-order chi connectivity index (χ0) is 8.49. The summed E-state index contributed by atoms with van der Waals surface area (Å²) in [6.45, 7) is 1.88. The highest BCUT2D eigenvalue weighted by molar-refractivity contribution is 4.81. The molecule has 1 heteroatoms. The fourth-order valence-electron chi connectivity index (χ4n) is 1.49. The summed E-state index contributed by atoms with van der Waals surface area (Å²) < 4.78 is 5.46. The van der Waals surface area contributed by atoms with Crippen LogP contribution in [0.25, 0.3) is 0 Å². The lowest BCUT2D eigenvalue weighted by molar-refractivity contribution is 0.134. The Labute approximate surface area is 75.8 Å². The van der Waals surface area contributed by atoms with Crippen molar-refractivity contribution < 1.29 is 4.74 Å². The molecule has 0 aromatic heterocycles. The van der Waals surface area contributed by atoms with Crippen molar-refractivity contribution in [3.63, 3.8) is 0 Å². The Balaban J connectivity index is 2.10. The van der Waals surface area contributed by atoms with Crippen molar-refractivity contribution in [1.82, 2.24) is 0 Å². The molecule has 0 N–H and O–H groups in total. The summed E-state index contributed by atoms with van der Waals surface area (Å²) in [6.07, 6.45) is 13.7. The minimum absolute atomic E-state index is 0.913. The summed E-state index contributed by atoms with van der Waals surface area (Å²) >= 11 is 0. The van der Waals surface area contributed by atoms with Gasteiger partial charge in [-0.2, -0.15) is 0 Å². The van der Waals surface area contributed by atoms with Gasteiger partial charge in [-0.15, -0.1) is 0 Å². The summed E-state index contributed by atoms with van der Waals surface area (Å²) in [6, 6.07) is 0. The SMILES string of the molecule is C1=CCCOCCCCCCC1. The molecule has 0 spiro atoms. The van der Waals surface area contributed by atoms with E-state index >= 15 is 0 Å². The second kappa shape index (κ2) is 7.35. The molecule has 0 saturated heterocycles. The van der Waals surface area contributed by atoms with Crippen LogP contribution >= 0.6 is 0 Å². The first-order valence-corrected chi connectivity index (χ1v) is 5.23. The van der Waals surface area contributed by atoms with Crippen molar-refractivity contribution in [2.24, 2.45) is 0 Å². The number of hydrogen-bond donors (Lipinski definition) is 0. The van der Waals surface area contributed by atoms with E-state index in [-0.39, 0.29) is 0 Å². The van der Waals surface area contributed by atoms with Crippen molar-refractivity contribution in [1.29, 1.82) is 0 Å². The minimum atomic E-state index is 0.913. The van der Waals surface area contributed by atoms with E-state index in [1.54, 1.807) is 0 Å². The highest BCUT2D eigenvalue weighted by Crippen LogP contribution is 2.07. The van der Waals surface area contributed by atoms with Gasteiger partial charge in [0.2, 0.25) is 0 Å². The molecule has 1 rings (SSSR count). The summed E-state index contributed by atoms with van der Waals surface area (Å²) in [5.41, 5.74) is 0. The summed E-state index contributed by atoms with van der Waals surface area (Å²) in [5.74, 6) is 0. The van der Waals surface area contributed by atoms with Crippen LogP contribution in [-0.4, -0.2) is 13.2 Å². The quantitative estimate of drug-likeness (QED) is 0.504. The molecular weight excluding hydrogens is 148 g/mol. The molecule has 1 heterocycles. The van der Waals surface area contributed by atoms with Crippen LogP contribution in [-0.2, 0) is 4.74 Å². The number of ether oxygens (including phenoxy) is 1. The van der Waals surface area contributed by atoms with Gasteiger partial charge in [0, 0.05) is 6.61 Å². The molecule has 1 aliphatic rings. The fraction of sp³-hybridized carbons (Fsp3) is 0.818. The second-order valence-corrected chi connectivity index (χ2v) is 3.43. The molecule has 0 aromatic carbocycles. The molecule has 12 heavy (non-hydrogen) atoms. The van der Waals surface area contributed by atoms with Crippen molar-refractivity contribution in [3.05, 3.63) is 12.2 Å². The smallest absolute Gasteiger partial charge is 0.0500 e.